The molecule has 5 nitrogen and oxygen atoms in total. The van der Waals surface area contributed by atoms with Gasteiger partial charge in [0.1, 0.15) is 11.6 Å². The zero-order valence-electron chi connectivity index (χ0n) is 11.5. The SMILES string of the molecule is O=C1CC[NH+]([C@H]2CC(=O)N(c3ccc(F)cc3)C2=O)CC1. The molecule has 1 aromatic carbocycles. The number of rotatable bonds is 2. The summed E-state index contributed by atoms with van der Waals surface area (Å²) in [5, 5.41) is 0. The molecule has 6 heteroatoms. The average Bonchev–Trinajstić information content (AvgIpc) is 2.76. The summed E-state index contributed by atoms with van der Waals surface area (Å²) in [6.45, 7) is 1.19. The van der Waals surface area contributed by atoms with Gasteiger partial charge in [-0.3, -0.25) is 14.4 Å². The molecule has 0 bridgehead atoms. The smallest absolute Gasteiger partial charge is 0.292 e. The molecule has 0 radical (unpaired) electrons. The van der Waals surface area contributed by atoms with Crippen molar-refractivity contribution in [2.24, 2.45) is 0 Å². The van der Waals surface area contributed by atoms with Crippen LogP contribution in [0.4, 0.5) is 10.1 Å². The van der Waals surface area contributed by atoms with Crippen LogP contribution in [0.1, 0.15) is 19.3 Å². The maximum Gasteiger partial charge on any atom is 0.292 e. The number of imide groups is 1. The first kappa shape index (κ1) is 13.9. The quantitative estimate of drug-likeness (QED) is 0.762. The van der Waals surface area contributed by atoms with Crippen LogP contribution in [0, 0.1) is 5.82 Å². The van der Waals surface area contributed by atoms with Crippen LogP contribution in [0.25, 0.3) is 0 Å². The van der Waals surface area contributed by atoms with Gasteiger partial charge in [-0.25, -0.2) is 9.29 Å². The zero-order chi connectivity index (χ0) is 15.0. The lowest BCUT2D eigenvalue weighted by atomic mass is 10.1. The van der Waals surface area contributed by atoms with Gasteiger partial charge in [-0.1, -0.05) is 0 Å². The molecular formula is C15H16FN2O3+. The molecule has 2 fully saturated rings. The molecule has 1 atom stereocenters. The molecule has 110 valence electrons. The van der Waals surface area contributed by atoms with Gasteiger partial charge in [-0.05, 0) is 24.3 Å². The Labute approximate surface area is 121 Å². The predicted molar refractivity (Wildman–Crippen MR) is 72.2 cm³/mol. The third kappa shape index (κ3) is 2.58. The number of amides is 2. The van der Waals surface area contributed by atoms with Crippen molar-refractivity contribution < 1.29 is 23.7 Å². The number of anilines is 1. The molecule has 21 heavy (non-hydrogen) atoms. The van der Waals surface area contributed by atoms with Crippen LogP contribution in [-0.4, -0.2) is 36.7 Å². The first-order valence-corrected chi connectivity index (χ1v) is 7.05. The summed E-state index contributed by atoms with van der Waals surface area (Å²) in [5.74, 6) is -0.711. The van der Waals surface area contributed by atoms with Gasteiger partial charge in [-0.2, -0.15) is 0 Å². The summed E-state index contributed by atoms with van der Waals surface area (Å²) in [4.78, 5) is 38.0. The van der Waals surface area contributed by atoms with Crippen molar-refractivity contribution in [3.05, 3.63) is 30.1 Å². The minimum atomic E-state index is -0.421. The Morgan fingerprint density at radius 3 is 2.29 bits per heavy atom. The normalized spacial score (nSPS) is 24.0. The van der Waals surface area contributed by atoms with E-state index >= 15 is 0 Å². The molecule has 1 aromatic rings. The van der Waals surface area contributed by atoms with Gasteiger partial charge in [0.15, 0.2) is 6.04 Å². The molecule has 0 unspecified atom stereocenters. The number of carbonyl (C=O) groups is 3. The van der Waals surface area contributed by atoms with Gasteiger partial charge in [-0.15, -0.1) is 0 Å². The topological polar surface area (TPSA) is 58.9 Å². The molecule has 2 amide bonds. The molecule has 0 aromatic heterocycles. The Morgan fingerprint density at radius 2 is 1.67 bits per heavy atom. The lowest BCUT2D eigenvalue weighted by Gasteiger charge is -2.27. The van der Waals surface area contributed by atoms with Crippen molar-refractivity contribution in [3.63, 3.8) is 0 Å². The molecule has 2 saturated heterocycles. The zero-order valence-corrected chi connectivity index (χ0v) is 11.5. The summed E-state index contributed by atoms with van der Waals surface area (Å²) in [7, 11) is 0. The lowest BCUT2D eigenvalue weighted by Crippen LogP contribution is -3.17. The van der Waals surface area contributed by atoms with Crippen LogP contribution in [0.2, 0.25) is 0 Å². The Bertz CT molecular complexity index is 589. The number of nitrogens with one attached hydrogen (secondary N) is 1. The number of carbonyl (C=O) groups excluding carboxylic acids is 3. The average molecular weight is 291 g/mol. The number of Topliss-reactive ketones (excluding diaryl/α,β-unsaturated/α-hetero) is 1. The second-order valence-electron chi connectivity index (χ2n) is 5.50. The van der Waals surface area contributed by atoms with Crippen molar-refractivity contribution >= 4 is 23.3 Å². The van der Waals surface area contributed by atoms with Crippen molar-refractivity contribution in [2.45, 2.75) is 25.3 Å². The summed E-state index contributed by atoms with van der Waals surface area (Å²) in [5.41, 5.74) is 0.404. The molecule has 2 aliphatic heterocycles. The minimum absolute atomic E-state index is 0.153. The monoisotopic (exact) mass is 291 g/mol. The molecule has 2 heterocycles. The highest BCUT2D eigenvalue weighted by atomic mass is 19.1. The highest BCUT2D eigenvalue weighted by molar-refractivity contribution is 6.21. The fraction of sp³-hybridized carbons (Fsp3) is 0.400. The molecular weight excluding hydrogens is 275 g/mol. The van der Waals surface area contributed by atoms with Crippen LogP contribution in [0.15, 0.2) is 24.3 Å². The number of benzene rings is 1. The summed E-state index contributed by atoms with van der Waals surface area (Å²) in [6.07, 6.45) is 1.08. The summed E-state index contributed by atoms with van der Waals surface area (Å²) >= 11 is 0. The second-order valence-corrected chi connectivity index (χ2v) is 5.50. The van der Waals surface area contributed by atoms with E-state index < -0.39 is 11.9 Å². The number of quaternary nitrogens is 1. The third-order valence-electron chi connectivity index (χ3n) is 4.17. The number of hydrogen-bond donors (Lipinski definition) is 1. The number of hydrogen-bond acceptors (Lipinski definition) is 3. The number of nitrogens with zero attached hydrogens (tertiary/aromatic N) is 1. The Balaban J connectivity index is 1.79. The Morgan fingerprint density at radius 1 is 1.05 bits per heavy atom. The standard InChI is InChI=1S/C15H15FN2O3/c16-10-1-3-11(4-2-10)18-14(20)9-13(15(18)21)17-7-5-12(19)6-8-17/h1-4,13H,5-9H2/p+1/t13-/m0/s1. The van der Waals surface area contributed by atoms with E-state index in [1.807, 2.05) is 0 Å². The van der Waals surface area contributed by atoms with E-state index in [1.54, 1.807) is 0 Å². The van der Waals surface area contributed by atoms with E-state index in [1.165, 1.54) is 24.3 Å². The fourth-order valence-electron chi connectivity index (χ4n) is 3.01. The van der Waals surface area contributed by atoms with Crippen molar-refractivity contribution in [1.29, 1.82) is 0 Å². The second kappa shape index (κ2) is 5.37. The number of piperidine rings is 1. The van der Waals surface area contributed by atoms with E-state index in [4.69, 9.17) is 0 Å². The highest BCUT2D eigenvalue weighted by Crippen LogP contribution is 2.22. The number of ketones is 1. The third-order valence-corrected chi connectivity index (χ3v) is 4.17. The van der Waals surface area contributed by atoms with Crippen LogP contribution in [0.5, 0.6) is 0 Å². The van der Waals surface area contributed by atoms with Gasteiger partial charge in [0, 0.05) is 0 Å². The van der Waals surface area contributed by atoms with Gasteiger partial charge in [0.05, 0.1) is 38.0 Å². The van der Waals surface area contributed by atoms with E-state index in [0.717, 1.165) is 9.80 Å². The minimum Gasteiger partial charge on any atom is -0.324 e. The molecule has 1 N–H and O–H groups in total. The lowest BCUT2D eigenvalue weighted by molar-refractivity contribution is -0.916. The van der Waals surface area contributed by atoms with Gasteiger partial charge < -0.3 is 4.90 Å². The molecule has 0 spiro atoms. The van der Waals surface area contributed by atoms with Gasteiger partial charge >= 0.3 is 0 Å². The maximum atomic E-state index is 12.9. The number of likely N-dealkylation sites (tertiary alicyclic amines) is 1. The van der Waals surface area contributed by atoms with E-state index in [9.17, 15) is 18.8 Å². The highest BCUT2D eigenvalue weighted by Gasteiger charge is 2.46. The van der Waals surface area contributed by atoms with Crippen LogP contribution in [0.3, 0.4) is 0 Å². The largest absolute Gasteiger partial charge is 0.324 e. The van der Waals surface area contributed by atoms with Gasteiger partial charge in [0.25, 0.3) is 5.91 Å². The maximum absolute atomic E-state index is 12.9. The van der Waals surface area contributed by atoms with Crippen molar-refractivity contribution in [1.82, 2.24) is 0 Å². The Hall–Kier alpha value is -2.08. The van der Waals surface area contributed by atoms with Crippen molar-refractivity contribution in [2.75, 3.05) is 18.0 Å². The van der Waals surface area contributed by atoms with Crippen LogP contribution >= 0.6 is 0 Å². The molecule has 0 saturated carbocycles. The number of halogens is 1. The van der Waals surface area contributed by atoms with E-state index in [-0.39, 0.29) is 24.0 Å². The molecule has 3 rings (SSSR count). The van der Waals surface area contributed by atoms with E-state index in [2.05, 4.69) is 0 Å². The van der Waals surface area contributed by atoms with Crippen molar-refractivity contribution in [3.8, 4) is 0 Å². The van der Waals surface area contributed by atoms with Gasteiger partial charge in [0.2, 0.25) is 5.91 Å². The Kier molecular flexibility index (Phi) is 3.55. The molecule has 0 aliphatic carbocycles. The summed E-state index contributed by atoms with van der Waals surface area (Å²) < 4.78 is 12.9. The van der Waals surface area contributed by atoms with E-state index in [0.29, 0.717) is 31.6 Å². The first-order valence-electron chi connectivity index (χ1n) is 7.05. The molecule has 2 aliphatic rings. The first-order chi connectivity index (χ1) is 10.1. The predicted octanol–water partition coefficient (Wildman–Crippen LogP) is -0.295. The summed E-state index contributed by atoms with van der Waals surface area (Å²) in [6, 6.07) is 4.91. The van der Waals surface area contributed by atoms with Crippen LogP contribution in [-0.2, 0) is 14.4 Å². The van der Waals surface area contributed by atoms with Crippen LogP contribution < -0.4 is 9.80 Å². The fourth-order valence-corrected chi connectivity index (χ4v) is 3.01.